The van der Waals surface area contributed by atoms with Gasteiger partial charge >= 0.3 is 0 Å². The third kappa shape index (κ3) is 7.68. The van der Waals surface area contributed by atoms with Gasteiger partial charge in [0.2, 0.25) is 17.4 Å². The lowest BCUT2D eigenvalue weighted by Gasteiger charge is -2.31. The van der Waals surface area contributed by atoms with Crippen LogP contribution >= 0.6 is 0 Å². The molecule has 0 unspecified atom stereocenters. The number of ether oxygens (including phenoxy) is 8. The second-order valence-electron chi connectivity index (χ2n) is 12.0. The monoisotopic (exact) mass is 712 g/mol. The minimum absolute atomic E-state index is 0.0912. The highest BCUT2D eigenvalue weighted by Crippen LogP contribution is 2.42. The van der Waals surface area contributed by atoms with Gasteiger partial charge in [0.25, 0.3) is 0 Å². The quantitative estimate of drug-likeness (QED) is 0.127. The first-order valence-electron chi connectivity index (χ1n) is 17.1. The van der Waals surface area contributed by atoms with Gasteiger partial charge in [-0.15, -0.1) is 0 Å². The molecular formula is C41H48N2O9. The van der Waals surface area contributed by atoms with Crippen molar-refractivity contribution in [3.63, 3.8) is 0 Å². The Bertz CT molecular complexity index is 1810. The number of carbonyl (C=O) groups excluding carboxylic acids is 1. The van der Waals surface area contributed by atoms with Crippen molar-refractivity contribution in [2.75, 3.05) is 76.5 Å². The predicted molar refractivity (Wildman–Crippen MR) is 200 cm³/mol. The summed E-state index contributed by atoms with van der Waals surface area (Å²) in [5.74, 6) is 3.65. The SMILES string of the molecule is COc1cc2c(cc1OC)C([C@@H](C(=O)N(CCc1ccc(OC)c(OC)c1OC)CCc1ccc(OC)c(OC)c1OC)c1ccccc1)=NCC2. The summed E-state index contributed by atoms with van der Waals surface area (Å²) in [5.41, 5.74) is 5.19. The van der Waals surface area contributed by atoms with Crippen molar-refractivity contribution in [3.8, 4) is 46.0 Å². The molecular weight excluding hydrogens is 664 g/mol. The van der Waals surface area contributed by atoms with Crippen LogP contribution in [-0.2, 0) is 24.1 Å². The minimum atomic E-state index is -0.696. The zero-order valence-electron chi connectivity index (χ0n) is 31.2. The van der Waals surface area contributed by atoms with Crippen molar-refractivity contribution < 1.29 is 42.7 Å². The fraction of sp³-hybridized carbons (Fsp3) is 0.366. The normalized spacial score (nSPS) is 12.5. The fourth-order valence-electron chi connectivity index (χ4n) is 6.80. The number of hydrogen-bond donors (Lipinski definition) is 0. The van der Waals surface area contributed by atoms with Crippen molar-refractivity contribution in [1.82, 2.24) is 4.90 Å². The Labute approximate surface area is 306 Å². The van der Waals surface area contributed by atoms with E-state index in [1.807, 2.05) is 71.6 Å². The van der Waals surface area contributed by atoms with Crippen molar-refractivity contribution >= 4 is 11.6 Å². The molecule has 0 fully saturated rings. The van der Waals surface area contributed by atoms with E-state index in [0.29, 0.717) is 84.2 Å². The Balaban J connectivity index is 1.59. The summed E-state index contributed by atoms with van der Waals surface area (Å²) in [6.07, 6.45) is 1.68. The molecule has 1 aliphatic heterocycles. The number of nitrogens with zero attached hydrogens (tertiary/aromatic N) is 2. The largest absolute Gasteiger partial charge is 0.493 e. The number of benzene rings is 4. The van der Waals surface area contributed by atoms with E-state index in [9.17, 15) is 0 Å². The molecule has 1 aliphatic rings. The maximum atomic E-state index is 15.3. The summed E-state index contributed by atoms with van der Waals surface area (Å²) >= 11 is 0. The number of amides is 1. The zero-order chi connectivity index (χ0) is 37.2. The molecule has 11 heteroatoms. The molecule has 1 heterocycles. The minimum Gasteiger partial charge on any atom is -0.493 e. The van der Waals surface area contributed by atoms with Crippen LogP contribution in [0.4, 0.5) is 0 Å². The lowest BCUT2D eigenvalue weighted by atomic mass is 9.84. The summed E-state index contributed by atoms with van der Waals surface area (Å²) in [5, 5.41) is 0. The maximum Gasteiger partial charge on any atom is 0.236 e. The van der Waals surface area contributed by atoms with E-state index in [2.05, 4.69) is 0 Å². The average Bonchev–Trinajstić information content (AvgIpc) is 3.19. The van der Waals surface area contributed by atoms with Gasteiger partial charge in [-0.25, -0.2) is 0 Å². The van der Waals surface area contributed by atoms with Gasteiger partial charge < -0.3 is 42.8 Å². The number of fused-ring (bicyclic) bond motifs is 1. The molecule has 0 saturated heterocycles. The molecule has 0 saturated carbocycles. The van der Waals surface area contributed by atoms with Crippen LogP contribution in [0.15, 0.2) is 71.7 Å². The van der Waals surface area contributed by atoms with Crippen molar-refractivity contribution in [3.05, 3.63) is 94.5 Å². The highest BCUT2D eigenvalue weighted by molar-refractivity contribution is 6.18. The molecule has 0 aromatic heterocycles. The summed E-state index contributed by atoms with van der Waals surface area (Å²) in [7, 11) is 12.7. The molecule has 4 aromatic rings. The van der Waals surface area contributed by atoms with Crippen LogP contribution in [-0.4, -0.2) is 93.0 Å². The molecule has 1 amide bonds. The molecule has 0 radical (unpaired) electrons. The van der Waals surface area contributed by atoms with E-state index in [-0.39, 0.29) is 5.91 Å². The van der Waals surface area contributed by atoms with Crippen molar-refractivity contribution in [2.24, 2.45) is 4.99 Å². The zero-order valence-corrected chi connectivity index (χ0v) is 31.2. The number of methoxy groups -OCH3 is 8. The first-order valence-corrected chi connectivity index (χ1v) is 17.1. The maximum absolute atomic E-state index is 15.3. The first kappa shape index (κ1) is 37.7. The standard InChI is InChI=1S/C41H48N2O9/c1-45-31-16-14-27(37(49-5)39(31)51-7)19-22-43(23-20-28-15-17-32(46-2)40(52-8)38(28)50-6)41(44)35(26-12-10-9-11-13-26)36-30-25-34(48-4)33(47-3)24-29(30)18-21-42-36/h9-17,24-25,35H,18-23H2,1-8H3/t35-/m0/s1. The van der Waals surface area contributed by atoms with Crippen molar-refractivity contribution in [2.45, 2.75) is 25.2 Å². The molecule has 276 valence electrons. The fourth-order valence-corrected chi connectivity index (χ4v) is 6.80. The molecule has 1 atom stereocenters. The highest BCUT2D eigenvalue weighted by Gasteiger charge is 2.34. The van der Waals surface area contributed by atoms with Crippen LogP contribution < -0.4 is 37.9 Å². The first-order chi connectivity index (χ1) is 25.4. The van der Waals surface area contributed by atoms with Crippen molar-refractivity contribution in [1.29, 1.82) is 0 Å². The van der Waals surface area contributed by atoms with Gasteiger partial charge in [-0.1, -0.05) is 42.5 Å². The molecule has 4 aromatic carbocycles. The Morgan fingerprint density at radius 3 is 1.60 bits per heavy atom. The van der Waals surface area contributed by atoms with Crippen LogP contribution in [0.25, 0.3) is 0 Å². The van der Waals surface area contributed by atoms with Crippen LogP contribution in [0, 0.1) is 0 Å². The molecule has 0 N–H and O–H groups in total. The molecule has 5 rings (SSSR count). The highest BCUT2D eigenvalue weighted by atomic mass is 16.5. The van der Waals surface area contributed by atoms with Gasteiger partial charge in [-0.3, -0.25) is 9.79 Å². The van der Waals surface area contributed by atoms with Crippen LogP contribution in [0.1, 0.15) is 33.7 Å². The summed E-state index contributed by atoms with van der Waals surface area (Å²) in [4.78, 5) is 22.2. The summed E-state index contributed by atoms with van der Waals surface area (Å²) in [6.45, 7) is 1.28. The number of aliphatic imine (C=N–C) groups is 1. The number of hydrogen-bond acceptors (Lipinski definition) is 10. The second-order valence-corrected chi connectivity index (χ2v) is 12.0. The topological polar surface area (TPSA) is 107 Å². The Morgan fingerprint density at radius 1 is 0.615 bits per heavy atom. The van der Waals surface area contributed by atoms with E-state index >= 15 is 4.79 Å². The van der Waals surface area contributed by atoms with Gasteiger partial charge in [0.05, 0.1) is 62.6 Å². The molecule has 0 bridgehead atoms. The average molecular weight is 713 g/mol. The molecule has 52 heavy (non-hydrogen) atoms. The Hall–Kier alpha value is -5.58. The smallest absolute Gasteiger partial charge is 0.236 e. The second kappa shape index (κ2) is 17.6. The lowest BCUT2D eigenvalue weighted by Crippen LogP contribution is -2.41. The van der Waals surface area contributed by atoms with E-state index < -0.39 is 5.92 Å². The van der Waals surface area contributed by atoms with Gasteiger partial charge in [-0.05, 0) is 54.7 Å². The Kier molecular flexibility index (Phi) is 12.7. The third-order valence-corrected chi connectivity index (χ3v) is 9.39. The van der Waals surface area contributed by atoms with Gasteiger partial charge in [0, 0.05) is 36.3 Å². The van der Waals surface area contributed by atoms with Crippen LogP contribution in [0.2, 0.25) is 0 Å². The van der Waals surface area contributed by atoms with Gasteiger partial charge in [0.15, 0.2) is 34.5 Å². The predicted octanol–water partition coefficient (Wildman–Crippen LogP) is 6.20. The van der Waals surface area contributed by atoms with Gasteiger partial charge in [-0.2, -0.15) is 0 Å². The van der Waals surface area contributed by atoms with E-state index in [1.165, 1.54) is 0 Å². The molecule has 0 spiro atoms. The number of carbonyl (C=O) groups is 1. The summed E-state index contributed by atoms with van der Waals surface area (Å²) in [6, 6.07) is 21.3. The lowest BCUT2D eigenvalue weighted by molar-refractivity contribution is -0.131. The van der Waals surface area contributed by atoms with Crippen LogP contribution in [0.3, 0.4) is 0 Å². The van der Waals surface area contributed by atoms with Gasteiger partial charge in [0.1, 0.15) is 5.92 Å². The molecule has 11 nitrogen and oxygen atoms in total. The number of rotatable bonds is 17. The van der Waals surface area contributed by atoms with E-state index in [4.69, 9.17) is 42.9 Å². The summed E-state index contributed by atoms with van der Waals surface area (Å²) < 4.78 is 45.3. The van der Waals surface area contributed by atoms with E-state index in [0.717, 1.165) is 34.2 Å². The third-order valence-electron chi connectivity index (χ3n) is 9.39. The Morgan fingerprint density at radius 2 is 1.12 bits per heavy atom. The van der Waals surface area contributed by atoms with E-state index in [1.54, 1.807) is 56.9 Å². The van der Waals surface area contributed by atoms with Crippen LogP contribution in [0.5, 0.6) is 46.0 Å². The molecule has 0 aliphatic carbocycles.